The van der Waals surface area contributed by atoms with Crippen LogP contribution in [0.2, 0.25) is 5.02 Å². The molecule has 0 fully saturated rings. The van der Waals surface area contributed by atoms with E-state index in [1.807, 2.05) is 24.7 Å². The van der Waals surface area contributed by atoms with E-state index in [0.717, 1.165) is 29.4 Å². The maximum Gasteiger partial charge on any atom is 0.0847 e. The lowest BCUT2D eigenvalue weighted by molar-refractivity contribution is 0.529. The first kappa shape index (κ1) is 14.1. The lowest BCUT2D eigenvalue weighted by Gasteiger charge is -2.18. The van der Waals surface area contributed by atoms with Gasteiger partial charge in [-0.25, -0.2) is 0 Å². The molecule has 0 saturated carbocycles. The molecule has 0 saturated heterocycles. The molecule has 0 bridgehead atoms. The van der Waals surface area contributed by atoms with Crippen LogP contribution in [0, 0.1) is 6.92 Å². The number of nitrogens with one attached hydrogen (secondary N) is 1. The molecule has 0 aliphatic carbocycles. The van der Waals surface area contributed by atoms with E-state index in [1.54, 1.807) is 0 Å². The molecule has 1 unspecified atom stereocenters. The molecule has 0 radical (unpaired) electrons. The largest absolute Gasteiger partial charge is 0.310 e. The molecule has 1 aromatic carbocycles. The second kappa shape index (κ2) is 6.22. The van der Waals surface area contributed by atoms with Crippen molar-refractivity contribution in [2.24, 2.45) is 7.05 Å². The molecule has 0 aliphatic heterocycles. The predicted octanol–water partition coefficient (Wildman–Crippen LogP) is 3.28. The SMILES string of the molecule is CCNC(Cc1c(Cl)c(C)nn1C)c1ccccc1. The Bertz CT molecular complexity index is 534. The Labute approximate surface area is 119 Å². The predicted molar refractivity (Wildman–Crippen MR) is 79.5 cm³/mol. The van der Waals surface area contributed by atoms with E-state index in [4.69, 9.17) is 11.6 Å². The van der Waals surface area contributed by atoms with Gasteiger partial charge in [0.25, 0.3) is 0 Å². The van der Waals surface area contributed by atoms with Gasteiger partial charge in [0.1, 0.15) is 0 Å². The summed E-state index contributed by atoms with van der Waals surface area (Å²) in [6.07, 6.45) is 0.841. The van der Waals surface area contributed by atoms with Crippen LogP contribution in [0.4, 0.5) is 0 Å². The summed E-state index contributed by atoms with van der Waals surface area (Å²) < 4.78 is 1.88. The number of hydrogen-bond donors (Lipinski definition) is 1. The smallest absolute Gasteiger partial charge is 0.0847 e. The zero-order chi connectivity index (χ0) is 13.8. The summed E-state index contributed by atoms with van der Waals surface area (Å²) in [4.78, 5) is 0. The highest BCUT2D eigenvalue weighted by atomic mass is 35.5. The van der Waals surface area contributed by atoms with Crippen molar-refractivity contribution >= 4 is 11.6 Å². The molecule has 0 aliphatic rings. The van der Waals surface area contributed by atoms with Gasteiger partial charge in [0.15, 0.2) is 0 Å². The van der Waals surface area contributed by atoms with Crippen LogP contribution in [-0.2, 0) is 13.5 Å². The van der Waals surface area contributed by atoms with Gasteiger partial charge in [-0.05, 0) is 19.0 Å². The van der Waals surface area contributed by atoms with Gasteiger partial charge >= 0.3 is 0 Å². The van der Waals surface area contributed by atoms with Crippen LogP contribution in [0.15, 0.2) is 30.3 Å². The van der Waals surface area contributed by atoms with Crippen molar-refractivity contribution in [2.75, 3.05) is 6.54 Å². The lowest BCUT2D eigenvalue weighted by atomic mass is 10.0. The molecule has 4 heteroatoms. The van der Waals surface area contributed by atoms with Gasteiger partial charge in [-0.15, -0.1) is 0 Å². The molecular formula is C15H20ClN3. The highest BCUT2D eigenvalue weighted by molar-refractivity contribution is 6.31. The molecule has 0 spiro atoms. The minimum absolute atomic E-state index is 0.263. The topological polar surface area (TPSA) is 29.9 Å². The Morgan fingerprint density at radius 2 is 2.00 bits per heavy atom. The number of benzene rings is 1. The number of aromatic nitrogens is 2. The number of likely N-dealkylation sites (N-methyl/N-ethyl adjacent to an activating group) is 1. The molecule has 1 atom stereocenters. The first-order valence-corrected chi connectivity index (χ1v) is 6.97. The number of aryl methyl sites for hydroxylation is 2. The zero-order valence-electron chi connectivity index (χ0n) is 11.7. The monoisotopic (exact) mass is 277 g/mol. The fourth-order valence-electron chi connectivity index (χ4n) is 2.33. The van der Waals surface area contributed by atoms with Gasteiger partial charge < -0.3 is 5.32 Å². The maximum absolute atomic E-state index is 6.33. The summed E-state index contributed by atoms with van der Waals surface area (Å²) in [6.45, 7) is 4.98. The highest BCUT2D eigenvalue weighted by Crippen LogP contribution is 2.25. The molecule has 0 amide bonds. The summed E-state index contributed by atoms with van der Waals surface area (Å²) in [5.41, 5.74) is 3.25. The van der Waals surface area contributed by atoms with Gasteiger partial charge in [0.05, 0.1) is 16.4 Å². The Kier molecular flexibility index (Phi) is 4.61. The van der Waals surface area contributed by atoms with E-state index in [0.29, 0.717) is 0 Å². The zero-order valence-corrected chi connectivity index (χ0v) is 12.4. The second-order valence-electron chi connectivity index (χ2n) is 4.69. The van der Waals surface area contributed by atoms with E-state index in [9.17, 15) is 0 Å². The number of halogens is 1. The maximum atomic E-state index is 6.33. The van der Waals surface area contributed by atoms with Crippen LogP contribution in [0.1, 0.15) is 29.9 Å². The average molecular weight is 278 g/mol. The van der Waals surface area contributed by atoms with E-state index in [2.05, 4.69) is 41.6 Å². The third kappa shape index (κ3) is 3.17. The standard InChI is InChI=1S/C15H20ClN3/c1-4-17-13(12-8-6-5-7-9-12)10-14-15(16)11(2)18-19(14)3/h5-9,13,17H,4,10H2,1-3H3. The fourth-order valence-corrected chi connectivity index (χ4v) is 2.57. The normalized spacial score (nSPS) is 12.6. The summed E-state index contributed by atoms with van der Waals surface area (Å²) in [5.74, 6) is 0. The lowest BCUT2D eigenvalue weighted by Crippen LogP contribution is -2.24. The first-order chi connectivity index (χ1) is 9.13. The van der Waals surface area contributed by atoms with Crippen LogP contribution in [0.25, 0.3) is 0 Å². The Morgan fingerprint density at radius 3 is 2.53 bits per heavy atom. The van der Waals surface area contributed by atoms with Crippen LogP contribution in [0.5, 0.6) is 0 Å². The van der Waals surface area contributed by atoms with E-state index >= 15 is 0 Å². The van der Waals surface area contributed by atoms with Gasteiger partial charge in [0, 0.05) is 19.5 Å². The van der Waals surface area contributed by atoms with Crippen LogP contribution < -0.4 is 5.32 Å². The minimum atomic E-state index is 0.263. The van der Waals surface area contributed by atoms with Crippen molar-refractivity contribution in [1.29, 1.82) is 0 Å². The van der Waals surface area contributed by atoms with Crippen molar-refractivity contribution < 1.29 is 0 Å². The van der Waals surface area contributed by atoms with E-state index in [1.165, 1.54) is 5.56 Å². The van der Waals surface area contributed by atoms with Gasteiger partial charge in [0.2, 0.25) is 0 Å². The van der Waals surface area contributed by atoms with Crippen molar-refractivity contribution in [2.45, 2.75) is 26.3 Å². The molecule has 2 aromatic rings. The van der Waals surface area contributed by atoms with E-state index in [-0.39, 0.29) is 6.04 Å². The van der Waals surface area contributed by atoms with Gasteiger partial charge in [-0.1, -0.05) is 48.9 Å². The molecule has 1 N–H and O–H groups in total. The summed E-state index contributed by atoms with van der Waals surface area (Å²) in [5, 5.41) is 8.66. The molecule has 2 rings (SSSR count). The molecule has 3 nitrogen and oxygen atoms in total. The van der Waals surface area contributed by atoms with Crippen molar-refractivity contribution in [3.05, 3.63) is 52.3 Å². The quantitative estimate of drug-likeness (QED) is 0.909. The number of nitrogens with zero attached hydrogens (tertiary/aromatic N) is 2. The summed E-state index contributed by atoms with van der Waals surface area (Å²) in [7, 11) is 1.95. The highest BCUT2D eigenvalue weighted by Gasteiger charge is 2.17. The van der Waals surface area contributed by atoms with Crippen LogP contribution >= 0.6 is 11.6 Å². The van der Waals surface area contributed by atoms with Gasteiger partial charge in [-0.3, -0.25) is 4.68 Å². The Hall–Kier alpha value is -1.32. The first-order valence-electron chi connectivity index (χ1n) is 6.59. The molecule has 1 aromatic heterocycles. The number of rotatable bonds is 5. The Balaban J connectivity index is 2.26. The van der Waals surface area contributed by atoms with E-state index < -0.39 is 0 Å². The van der Waals surface area contributed by atoms with Crippen molar-refractivity contribution in [3.8, 4) is 0 Å². The molecule has 1 heterocycles. The second-order valence-corrected chi connectivity index (χ2v) is 5.07. The fraction of sp³-hybridized carbons (Fsp3) is 0.400. The van der Waals surface area contributed by atoms with Crippen LogP contribution in [-0.4, -0.2) is 16.3 Å². The molecule has 102 valence electrons. The third-order valence-electron chi connectivity index (χ3n) is 3.31. The number of hydrogen-bond acceptors (Lipinski definition) is 2. The Morgan fingerprint density at radius 1 is 1.32 bits per heavy atom. The average Bonchev–Trinajstić information content (AvgIpc) is 2.65. The van der Waals surface area contributed by atoms with Crippen LogP contribution in [0.3, 0.4) is 0 Å². The molecular weight excluding hydrogens is 258 g/mol. The summed E-state index contributed by atoms with van der Waals surface area (Å²) >= 11 is 6.33. The molecule has 19 heavy (non-hydrogen) atoms. The summed E-state index contributed by atoms with van der Waals surface area (Å²) in [6, 6.07) is 10.7. The van der Waals surface area contributed by atoms with Crippen molar-refractivity contribution in [1.82, 2.24) is 15.1 Å². The van der Waals surface area contributed by atoms with Gasteiger partial charge in [-0.2, -0.15) is 5.10 Å². The third-order valence-corrected chi connectivity index (χ3v) is 3.80. The van der Waals surface area contributed by atoms with Crippen molar-refractivity contribution in [3.63, 3.8) is 0 Å². The minimum Gasteiger partial charge on any atom is -0.310 e.